The number of rotatable bonds is 5. The van der Waals surface area contributed by atoms with Crippen LogP contribution in [0, 0.1) is 17.2 Å². The van der Waals surface area contributed by atoms with E-state index in [1.165, 1.54) is 0 Å². The molecule has 0 N–H and O–H groups in total. The van der Waals surface area contributed by atoms with Crippen molar-refractivity contribution in [2.45, 2.75) is 32.6 Å². The van der Waals surface area contributed by atoms with E-state index in [9.17, 15) is 0 Å². The van der Waals surface area contributed by atoms with Crippen LogP contribution in [0.15, 0.2) is 0 Å². The maximum atomic E-state index is 8.64. The summed E-state index contributed by atoms with van der Waals surface area (Å²) in [5, 5.41) is 8.64. The minimum Gasteiger partial charge on any atom is -0.445 e. The molecule has 0 aliphatic heterocycles. The summed E-state index contributed by atoms with van der Waals surface area (Å²) in [6.07, 6.45) is 0. The van der Waals surface area contributed by atoms with E-state index < -0.39 is 17.6 Å². The van der Waals surface area contributed by atoms with Crippen molar-refractivity contribution >= 4 is 28.1 Å². The molecule has 0 bridgehead atoms. The molecule has 0 aliphatic rings. The summed E-state index contributed by atoms with van der Waals surface area (Å²) >= 11 is 0. The van der Waals surface area contributed by atoms with E-state index in [-0.39, 0.29) is 5.92 Å². The van der Waals surface area contributed by atoms with Crippen LogP contribution >= 0.6 is 0 Å². The normalized spacial score (nSPS) is 16.5. The van der Waals surface area contributed by atoms with Gasteiger partial charge in [0.25, 0.3) is 0 Å². The highest BCUT2D eigenvalue weighted by Crippen LogP contribution is 2.12. The van der Waals surface area contributed by atoms with Gasteiger partial charge < -0.3 is 8.23 Å². The first-order valence-corrected chi connectivity index (χ1v) is 10.6. The molecule has 0 fully saturated rings. The zero-order chi connectivity index (χ0) is 10.5. The summed E-state index contributed by atoms with van der Waals surface area (Å²) in [4.78, 5) is 0. The summed E-state index contributed by atoms with van der Waals surface area (Å²) in [5.74, 6) is 0.126. The molecule has 3 nitrogen and oxygen atoms in total. The van der Waals surface area contributed by atoms with Gasteiger partial charge in [-0.25, -0.2) is 0 Å². The number of nitriles is 1. The zero-order valence-electron chi connectivity index (χ0n) is 9.13. The van der Waals surface area contributed by atoms with E-state index >= 15 is 0 Å². The van der Waals surface area contributed by atoms with Crippen molar-refractivity contribution in [2.24, 2.45) is 5.92 Å². The molecular formula is C7H19NO2Si3. The lowest BCUT2D eigenvalue weighted by molar-refractivity contribution is 0.423. The number of nitrogens with zero attached hydrogens (tertiary/aromatic N) is 1. The molecule has 0 aromatic heterocycles. The minimum absolute atomic E-state index is 0.126. The summed E-state index contributed by atoms with van der Waals surface area (Å²) in [6.45, 7) is 8.23. The van der Waals surface area contributed by atoms with Crippen LogP contribution in [0.25, 0.3) is 0 Å². The number of hydrogen-bond donors (Lipinski definition) is 0. The van der Waals surface area contributed by atoms with Crippen LogP contribution in [0.1, 0.15) is 6.92 Å². The summed E-state index contributed by atoms with van der Waals surface area (Å²) in [5.41, 5.74) is 0. The van der Waals surface area contributed by atoms with Gasteiger partial charge in [0.1, 0.15) is 10.5 Å². The third-order valence-electron chi connectivity index (χ3n) is 1.88. The highest BCUT2D eigenvalue weighted by atomic mass is 28.4. The average molecular weight is 233 g/mol. The SMILES string of the molecule is CC(C#N)C[SiH](C)O[Si](C)(C)O[SiH3]. The fraction of sp³-hybridized carbons (Fsp3) is 0.857. The Hall–Kier alpha value is 0.0606. The monoisotopic (exact) mass is 233 g/mol. The predicted octanol–water partition coefficient (Wildman–Crippen LogP) is 0.515. The van der Waals surface area contributed by atoms with Crippen LogP contribution in [-0.4, -0.2) is 28.1 Å². The van der Waals surface area contributed by atoms with Gasteiger partial charge in [-0.15, -0.1) is 0 Å². The van der Waals surface area contributed by atoms with E-state index in [2.05, 4.69) is 25.7 Å². The second-order valence-electron chi connectivity index (χ2n) is 3.80. The fourth-order valence-corrected chi connectivity index (χ4v) is 7.74. The Morgan fingerprint density at radius 1 is 1.62 bits per heavy atom. The van der Waals surface area contributed by atoms with Gasteiger partial charge in [-0.2, -0.15) is 5.26 Å². The summed E-state index contributed by atoms with van der Waals surface area (Å²) in [7, 11) is -2.24. The van der Waals surface area contributed by atoms with Crippen molar-refractivity contribution in [3.63, 3.8) is 0 Å². The van der Waals surface area contributed by atoms with Crippen LogP contribution in [0.5, 0.6) is 0 Å². The van der Waals surface area contributed by atoms with E-state index in [1.54, 1.807) is 0 Å². The third-order valence-corrected chi connectivity index (χ3v) is 11.1. The highest BCUT2D eigenvalue weighted by Gasteiger charge is 2.25. The van der Waals surface area contributed by atoms with Crippen molar-refractivity contribution in [3.8, 4) is 6.07 Å². The van der Waals surface area contributed by atoms with Crippen molar-refractivity contribution < 1.29 is 8.23 Å². The molecule has 0 heterocycles. The summed E-state index contributed by atoms with van der Waals surface area (Å²) in [6, 6.07) is 3.17. The fourth-order valence-electron chi connectivity index (χ4n) is 1.13. The molecule has 0 radical (unpaired) electrons. The van der Waals surface area contributed by atoms with Gasteiger partial charge in [0.05, 0.1) is 6.07 Å². The van der Waals surface area contributed by atoms with E-state index in [0.29, 0.717) is 0 Å². The zero-order valence-corrected chi connectivity index (χ0v) is 13.3. The molecule has 2 unspecified atom stereocenters. The molecule has 0 amide bonds. The molecule has 0 aliphatic carbocycles. The molecule has 13 heavy (non-hydrogen) atoms. The quantitative estimate of drug-likeness (QED) is 0.650. The first-order chi connectivity index (χ1) is 5.91. The Morgan fingerprint density at radius 3 is 2.54 bits per heavy atom. The smallest absolute Gasteiger partial charge is 0.310 e. The van der Waals surface area contributed by atoms with Gasteiger partial charge in [-0.3, -0.25) is 0 Å². The lowest BCUT2D eigenvalue weighted by Crippen LogP contribution is -2.39. The molecule has 0 aromatic carbocycles. The first-order valence-electron chi connectivity index (χ1n) is 4.54. The van der Waals surface area contributed by atoms with Crippen LogP contribution in [-0.2, 0) is 8.23 Å². The van der Waals surface area contributed by atoms with Crippen molar-refractivity contribution in [1.82, 2.24) is 0 Å². The molecule has 0 rings (SSSR count). The molecular weight excluding hydrogens is 214 g/mol. The van der Waals surface area contributed by atoms with Gasteiger partial charge in [0.15, 0.2) is 9.04 Å². The second-order valence-corrected chi connectivity index (χ2v) is 11.3. The first kappa shape index (κ1) is 13.1. The molecule has 0 aromatic rings. The summed E-state index contributed by atoms with van der Waals surface area (Å²) < 4.78 is 11.3. The Balaban J connectivity index is 3.88. The van der Waals surface area contributed by atoms with Crippen LogP contribution < -0.4 is 0 Å². The van der Waals surface area contributed by atoms with E-state index in [4.69, 9.17) is 13.5 Å². The van der Waals surface area contributed by atoms with Gasteiger partial charge in [0, 0.05) is 5.92 Å². The highest BCUT2D eigenvalue weighted by molar-refractivity contribution is 6.75. The molecule has 0 spiro atoms. The molecule has 0 saturated heterocycles. The third kappa shape index (κ3) is 6.17. The van der Waals surface area contributed by atoms with Crippen LogP contribution in [0.2, 0.25) is 25.7 Å². The van der Waals surface area contributed by atoms with Gasteiger partial charge in [-0.05, 0) is 32.6 Å². The standard InChI is InChI=1S/C7H19NO2Si3/c1-7(5-8)6-12(2)10-13(3,4)9-11/h7,12H,6H2,1-4,11H3. The Labute approximate surface area is 86.6 Å². The van der Waals surface area contributed by atoms with Crippen LogP contribution in [0.3, 0.4) is 0 Å². The maximum absolute atomic E-state index is 8.64. The molecule has 0 saturated carbocycles. The van der Waals surface area contributed by atoms with Crippen LogP contribution in [0.4, 0.5) is 0 Å². The Morgan fingerprint density at radius 2 is 2.15 bits per heavy atom. The minimum atomic E-state index is -1.81. The Bertz CT molecular complexity index is 193. The van der Waals surface area contributed by atoms with E-state index in [1.807, 2.05) is 6.92 Å². The number of hydrogen-bond acceptors (Lipinski definition) is 3. The predicted molar refractivity (Wildman–Crippen MR) is 62.2 cm³/mol. The van der Waals surface area contributed by atoms with E-state index in [0.717, 1.165) is 16.5 Å². The lowest BCUT2D eigenvalue weighted by Gasteiger charge is -2.25. The van der Waals surface area contributed by atoms with Crippen molar-refractivity contribution in [1.29, 1.82) is 5.26 Å². The van der Waals surface area contributed by atoms with Gasteiger partial charge in [-0.1, -0.05) is 0 Å². The molecule has 2 atom stereocenters. The van der Waals surface area contributed by atoms with Crippen molar-refractivity contribution in [2.75, 3.05) is 0 Å². The average Bonchev–Trinajstić information content (AvgIpc) is 2.03. The van der Waals surface area contributed by atoms with Crippen molar-refractivity contribution in [3.05, 3.63) is 0 Å². The Kier molecular flexibility index (Phi) is 5.75. The largest absolute Gasteiger partial charge is 0.445 e. The lowest BCUT2D eigenvalue weighted by atomic mass is 10.3. The molecule has 76 valence electrons. The second kappa shape index (κ2) is 5.72. The van der Waals surface area contributed by atoms with Gasteiger partial charge >= 0.3 is 8.56 Å². The topological polar surface area (TPSA) is 42.2 Å². The molecule has 6 heteroatoms. The maximum Gasteiger partial charge on any atom is 0.310 e. The van der Waals surface area contributed by atoms with Gasteiger partial charge in [0.2, 0.25) is 0 Å².